The summed E-state index contributed by atoms with van der Waals surface area (Å²) in [7, 11) is 0. The van der Waals surface area contributed by atoms with Crippen LogP contribution in [0.3, 0.4) is 0 Å². The van der Waals surface area contributed by atoms with Gasteiger partial charge >= 0.3 is 0 Å². The highest BCUT2D eigenvalue weighted by Crippen LogP contribution is 2.05. The van der Waals surface area contributed by atoms with E-state index in [9.17, 15) is 0 Å². The Bertz CT molecular complexity index is 319. The molecule has 0 bridgehead atoms. The molecule has 1 saturated heterocycles. The fourth-order valence-electron chi connectivity index (χ4n) is 1.74. The molecule has 1 aromatic rings. The van der Waals surface area contributed by atoms with E-state index in [2.05, 4.69) is 34.4 Å². The highest BCUT2D eigenvalue weighted by Gasteiger charge is 2.12. The Morgan fingerprint density at radius 1 is 1.44 bits per heavy atom. The summed E-state index contributed by atoms with van der Waals surface area (Å²) in [5.41, 5.74) is 3.35. The summed E-state index contributed by atoms with van der Waals surface area (Å²) in [4.78, 5) is 4.25. The van der Waals surface area contributed by atoms with Crippen molar-refractivity contribution in [2.45, 2.75) is 26.4 Å². The third-order valence-corrected chi connectivity index (χ3v) is 2.61. The number of aromatic nitrogens is 3. The van der Waals surface area contributed by atoms with E-state index in [1.54, 1.807) is 6.33 Å². The minimum absolute atomic E-state index is 0.351. The van der Waals surface area contributed by atoms with Crippen LogP contribution >= 0.6 is 0 Å². The molecule has 6 nitrogen and oxygen atoms in total. The van der Waals surface area contributed by atoms with Gasteiger partial charge in [-0.25, -0.2) is 20.1 Å². The number of hydrogen-bond donors (Lipinski definition) is 1. The van der Waals surface area contributed by atoms with Gasteiger partial charge in [0.1, 0.15) is 12.2 Å². The zero-order chi connectivity index (χ0) is 11.4. The normalized spacial score (nSPS) is 18.2. The second-order valence-corrected chi connectivity index (χ2v) is 4.15. The summed E-state index contributed by atoms with van der Waals surface area (Å²) in [6.07, 6.45) is 1.61. The van der Waals surface area contributed by atoms with Gasteiger partial charge in [-0.05, 0) is 13.8 Å². The molecule has 1 aliphatic heterocycles. The van der Waals surface area contributed by atoms with Gasteiger partial charge in [0.15, 0.2) is 0 Å². The summed E-state index contributed by atoms with van der Waals surface area (Å²) >= 11 is 0. The standard InChI is InChI=1S/C10H19N5O/c1-9(2)15-10(11-8-13-15)7-12-14-3-5-16-6-4-14/h8-9,12H,3-7H2,1-2H3. The molecule has 0 spiro atoms. The third kappa shape index (κ3) is 2.78. The van der Waals surface area contributed by atoms with Crippen LogP contribution in [0.2, 0.25) is 0 Å². The average molecular weight is 225 g/mol. The van der Waals surface area contributed by atoms with E-state index in [1.165, 1.54) is 0 Å². The molecule has 0 aromatic carbocycles. The monoisotopic (exact) mass is 225 g/mol. The summed E-state index contributed by atoms with van der Waals surface area (Å²) in [5.74, 6) is 0.974. The largest absolute Gasteiger partial charge is 0.379 e. The third-order valence-electron chi connectivity index (χ3n) is 2.61. The van der Waals surface area contributed by atoms with Gasteiger partial charge in [-0.1, -0.05) is 0 Å². The number of hydrogen-bond acceptors (Lipinski definition) is 5. The molecule has 1 aliphatic rings. The van der Waals surface area contributed by atoms with E-state index in [0.29, 0.717) is 6.04 Å². The van der Waals surface area contributed by atoms with Crippen LogP contribution in [0.5, 0.6) is 0 Å². The summed E-state index contributed by atoms with van der Waals surface area (Å²) in [6, 6.07) is 0.351. The minimum Gasteiger partial charge on any atom is -0.379 e. The molecule has 6 heteroatoms. The van der Waals surface area contributed by atoms with E-state index in [4.69, 9.17) is 4.74 Å². The highest BCUT2D eigenvalue weighted by molar-refractivity contribution is 4.85. The Kier molecular flexibility index (Phi) is 3.87. The van der Waals surface area contributed by atoms with Gasteiger partial charge in [0.25, 0.3) is 0 Å². The van der Waals surface area contributed by atoms with Crippen LogP contribution in [0.25, 0.3) is 0 Å². The van der Waals surface area contributed by atoms with Gasteiger partial charge < -0.3 is 4.74 Å². The quantitative estimate of drug-likeness (QED) is 0.793. The zero-order valence-electron chi connectivity index (χ0n) is 9.89. The molecule has 2 rings (SSSR count). The Morgan fingerprint density at radius 2 is 2.19 bits per heavy atom. The summed E-state index contributed by atoms with van der Waals surface area (Å²) in [6.45, 7) is 8.37. The van der Waals surface area contributed by atoms with Crippen LogP contribution in [-0.4, -0.2) is 46.1 Å². The number of rotatable bonds is 4. The SMILES string of the molecule is CC(C)n1ncnc1CNN1CCOCC1. The first-order valence-electron chi connectivity index (χ1n) is 5.72. The molecule has 0 radical (unpaired) electrons. The van der Waals surface area contributed by atoms with Crippen molar-refractivity contribution in [1.29, 1.82) is 0 Å². The van der Waals surface area contributed by atoms with Crippen LogP contribution in [-0.2, 0) is 11.3 Å². The summed E-state index contributed by atoms with van der Waals surface area (Å²) < 4.78 is 7.22. The Hall–Kier alpha value is -0.980. The molecular formula is C10H19N5O. The van der Waals surface area contributed by atoms with Crippen molar-refractivity contribution in [2.75, 3.05) is 26.3 Å². The van der Waals surface area contributed by atoms with E-state index in [1.807, 2.05) is 4.68 Å². The maximum absolute atomic E-state index is 5.28. The Balaban J connectivity index is 1.86. The van der Waals surface area contributed by atoms with Crippen molar-refractivity contribution in [1.82, 2.24) is 25.2 Å². The fourth-order valence-corrected chi connectivity index (χ4v) is 1.74. The summed E-state index contributed by atoms with van der Waals surface area (Å²) in [5, 5.41) is 6.37. The van der Waals surface area contributed by atoms with Crippen molar-refractivity contribution < 1.29 is 4.74 Å². The Labute approximate surface area is 95.6 Å². The van der Waals surface area contributed by atoms with Crippen molar-refractivity contribution >= 4 is 0 Å². The lowest BCUT2D eigenvalue weighted by Crippen LogP contribution is -2.45. The lowest BCUT2D eigenvalue weighted by atomic mass is 10.4. The predicted octanol–water partition coefficient (Wildman–Crippen LogP) is 0.196. The molecule has 2 heterocycles. The first-order valence-corrected chi connectivity index (χ1v) is 5.72. The molecule has 1 fully saturated rings. The first kappa shape index (κ1) is 11.5. The number of morpholine rings is 1. The molecule has 0 amide bonds. The van der Waals surface area contributed by atoms with Crippen molar-refractivity contribution in [2.24, 2.45) is 0 Å². The zero-order valence-corrected chi connectivity index (χ0v) is 9.89. The number of ether oxygens (including phenoxy) is 1. The van der Waals surface area contributed by atoms with Gasteiger partial charge in [0.2, 0.25) is 0 Å². The lowest BCUT2D eigenvalue weighted by molar-refractivity contribution is 0.00982. The fraction of sp³-hybridized carbons (Fsp3) is 0.800. The molecular weight excluding hydrogens is 206 g/mol. The lowest BCUT2D eigenvalue weighted by Gasteiger charge is -2.27. The van der Waals surface area contributed by atoms with Crippen molar-refractivity contribution in [3.63, 3.8) is 0 Å². The van der Waals surface area contributed by atoms with E-state index >= 15 is 0 Å². The van der Waals surface area contributed by atoms with E-state index < -0.39 is 0 Å². The predicted molar refractivity (Wildman–Crippen MR) is 59.6 cm³/mol. The number of nitrogens with one attached hydrogen (secondary N) is 1. The van der Waals surface area contributed by atoms with E-state index in [-0.39, 0.29) is 0 Å². The molecule has 1 aromatic heterocycles. The van der Waals surface area contributed by atoms with Crippen LogP contribution < -0.4 is 5.43 Å². The van der Waals surface area contributed by atoms with Gasteiger partial charge in [0, 0.05) is 19.1 Å². The van der Waals surface area contributed by atoms with Gasteiger partial charge in [-0.3, -0.25) is 0 Å². The van der Waals surface area contributed by atoms with Crippen molar-refractivity contribution in [3.05, 3.63) is 12.2 Å². The van der Waals surface area contributed by atoms with E-state index in [0.717, 1.165) is 38.7 Å². The van der Waals surface area contributed by atoms with Crippen LogP contribution in [0, 0.1) is 0 Å². The highest BCUT2D eigenvalue weighted by atomic mass is 16.5. The second kappa shape index (κ2) is 5.38. The maximum Gasteiger partial charge on any atom is 0.142 e. The smallest absolute Gasteiger partial charge is 0.142 e. The first-order chi connectivity index (χ1) is 7.77. The minimum atomic E-state index is 0.351. The molecule has 0 saturated carbocycles. The molecule has 90 valence electrons. The number of nitrogens with zero attached hydrogens (tertiary/aromatic N) is 4. The molecule has 0 aliphatic carbocycles. The van der Waals surface area contributed by atoms with Gasteiger partial charge in [-0.15, -0.1) is 0 Å². The molecule has 1 N–H and O–H groups in total. The van der Waals surface area contributed by atoms with Crippen LogP contribution in [0.1, 0.15) is 25.7 Å². The number of hydrazine groups is 1. The molecule has 16 heavy (non-hydrogen) atoms. The Morgan fingerprint density at radius 3 is 2.88 bits per heavy atom. The van der Waals surface area contributed by atoms with Gasteiger partial charge in [-0.2, -0.15) is 5.10 Å². The maximum atomic E-state index is 5.28. The average Bonchev–Trinajstić information content (AvgIpc) is 2.76. The molecule has 0 atom stereocenters. The van der Waals surface area contributed by atoms with Crippen LogP contribution in [0.4, 0.5) is 0 Å². The second-order valence-electron chi connectivity index (χ2n) is 4.15. The topological polar surface area (TPSA) is 55.2 Å². The van der Waals surface area contributed by atoms with Gasteiger partial charge in [0.05, 0.1) is 19.8 Å². The van der Waals surface area contributed by atoms with Crippen LogP contribution in [0.15, 0.2) is 6.33 Å². The van der Waals surface area contributed by atoms with Crippen molar-refractivity contribution in [3.8, 4) is 0 Å². The molecule has 0 unspecified atom stereocenters.